The Bertz CT molecular complexity index is 629. The highest BCUT2D eigenvalue weighted by Gasteiger charge is 2.17. The van der Waals surface area contributed by atoms with Gasteiger partial charge in [0.15, 0.2) is 0 Å². The zero-order valence-electron chi connectivity index (χ0n) is 12.5. The molecule has 2 rings (SSSR count). The van der Waals surface area contributed by atoms with E-state index in [-0.39, 0.29) is 12.3 Å². The lowest BCUT2D eigenvalue weighted by Gasteiger charge is -2.16. The van der Waals surface area contributed by atoms with Gasteiger partial charge in [0, 0.05) is 17.5 Å². The Labute approximate surface area is 128 Å². The van der Waals surface area contributed by atoms with E-state index in [1.165, 1.54) is 0 Å². The van der Waals surface area contributed by atoms with E-state index in [2.05, 4.69) is 10.3 Å². The number of hydrogen-bond donors (Lipinski definition) is 2. The minimum absolute atomic E-state index is 0.0952. The van der Waals surface area contributed by atoms with Crippen LogP contribution in [-0.4, -0.2) is 21.6 Å². The van der Waals surface area contributed by atoms with Gasteiger partial charge in [-0.15, -0.1) is 11.3 Å². The van der Waals surface area contributed by atoms with Crippen LogP contribution in [0.15, 0.2) is 29.6 Å². The number of thiazole rings is 1. The van der Waals surface area contributed by atoms with E-state index >= 15 is 0 Å². The third-order valence-corrected chi connectivity index (χ3v) is 3.70. The Morgan fingerprint density at radius 1 is 1.43 bits per heavy atom. The largest absolute Gasteiger partial charge is 0.390 e. The fourth-order valence-corrected chi connectivity index (χ4v) is 2.61. The molecular weight excluding hydrogens is 284 g/mol. The van der Waals surface area contributed by atoms with Crippen LogP contribution in [0, 0.1) is 6.92 Å². The summed E-state index contributed by atoms with van der Waals surface area (Å²) in [4.78, 5) is 16.2. The van der Waals surface area contributed by atoms with Crippen LogP contribution in [-0.2, 0) is 11.3 Å². The smallest absolute Gasteiger partial charge is 0.223 e. The molecule has 0 unspecified atom stereocenters. The molecule has 0 aliphatic heterocycles. The first-order chi connectivity index (χ1) is 9.83. The molecule has 0 saturated heterocycles. The number of aromatic nitrogens is 1. The normalized spacial score (nSPS) is 11.4. The van der Waals surface area contributed by atoms with Gasteiger partial charge in [-0.05, 0) is 32.4 Å². The van der Waals surface area contributed by atoms with Crippen molar-refractivity contribution in [1.29, 1.82) is 0 Å². The minimum Gasteiger partial charge on any atom is -0.390 e. The van der Waals surface area contributed by atoms with Gasteiger partial charge in [0.2, 0.25) is 5.91 Å². The van der Waals surface area contributed by atoms with E-state index in [1.54, 1.807) is 25.2 Å². The van der Waals surface area contributed by atoms with Gasteiger partial charge >= 0.3 is 0 Å². The number of nitrogens with zero attached hydrogens (tertiary/aromatic N) is 1. The van der Waals surface area contributed by atoms with E-state index in [4.69, 9.17) is 0 Å². The van der Waals surface area contributed by atoms with Gasteiger partial charge in [0.1, 0.15) is 0 Å². The molecule has 1 aromatic heterocycles. The average molecular weight is 304 g/mol. The maximum absolute atomic E-state index is 11.7. The highest BCUT2D eigenvalue weighted by Crippen LogP contribution is 2.22. The molecule has 0 atom stereocenters. The highest BCUT2D eigenvalue weighted by atomic mass is 32.1. The van der Waals surface area contributed by atoms with Crippen LogP contribution in [0.4, 0.5) is 0 Å². The fourth-order valence-electron chi connectivity index (χ4n) is 1.99. The van der Waals surface area contributed by atoms with Gasteiger partial charge in [-0.2, -0.15) is 0 Å². The Balaban J connectivity index is 2.00. The van der Waals surface area contributed by atoms with Crippen molar-refractivity contribution in [2.75, 3.05) is 0 Å². The van der Waals surface area contributed by atoms with Gasteiger partial charge in [-0.1, -0.05) is 18.2 Å². The van der Waals surface area contributed by atoms with Crippen LogP contribution in [0.3, 0.4) is 0 Å². The molecule has 112 valence electrons. The molecule has 21 heavy (non-hydrogen) atoms. The zero-order valence-corrected chi connectivity index (χ0v) is 13.3. The van der Waals surface area contributed by atoms with Crippen LogP contribution in [0.5, 0.6) is 0 Å². The number of benzene rings is 1. The predicted molar refractivity (Wildman–Crippen MR) is 85.0 cm³/mol. The summed E-state index contributed by atoms with van der Waals surface area (Å²) in [6.07, 6.45) is 0.0952. The summed E-state index contributed by atoms with van der Waals surface area (Å²) in [5.74, 6) is -0.155. The second-order valence-corrected chi connectivity index (χ2v) is 6.78. The first kappa shape index (κ1) is 15.7. The van der Waals surface area contributed by atoms with Crippen molar-refractivity contribution in [1.82, 2.24) is 10.3 Å². The van der Waals surface area contributed by atoms with Crippen molar-refractivity contribution < 1.29 is 9.90 Å². The summed E-state index contributed by atoms with van der Waals surface area (Å²) in [5.41, 5.74) is 2.04. The van der Waals surface area contributed by atoms with Crippen molar-refractivity contribution in [3.05, 3.63) is 40.2 Å². The van der Waals surface area contributed by atoms with Gasteiger partial charge in [-0.25, -0.2) is 4.98 Å². The molecule has 0 aliphatic carbocycles. The molecule has 5 heteroatoms. The number of aliphatic hydroxyl groups is 1. The molecular formula is C16H20N2O2S. The molecule has 4 nitrogen and oxygen atoms in total. The van der Waals surface area contributed by atoms with E-state index < -0.39 is 5.60 Å². The van der Waals surface area contributed by atoms with Crippen molar-refractivity contribution in [3.8, 4) is 11.3 Å². The zero-order chi connectivity index (χ0) is 15.5. The van der Waals surface area contributed by atoms with Crippen LogP contribution < -0.4 is 5.32 Å². The first-order valence-electron chi connectivity index (χ1n) is 6.84. The van der Waals surface area contributed by atoms with Crippen LogP contribution >= 0.6 is 11.3 Å². The van der Waals surface area contributed by atoms with Crippen LogP contribution in [0.2, 0.25) is 0 Å². The number of carbonyl (C=O) groups is 1. The maximum atomic E-state index is 11.7. The Morgan fingerprint density at radius 3 is 2.81 bits per heavy atom. The summed E-state index contributed by atoms with van der Waals surface area (Å²) >= 11 is 1.62. The standard InChI is InChI=1S/C16H20N2O2S/c1-11-18-14(10-21-11)13-6-4-5-12(7-13)9-17-15(19)8-16(2,3)20/h4-7,10,20H,8-9H2,1-3H3,(H,17,19). The summed E-state index contributed by atoms with van der Waals surface area (Å²) < 4.78 is 0. The molecule has 1 heterocycles. The molecule has 2 aromatic rings. The van der Waals surface area contributed by atoms with Crippen molar-refractivity contribution in [3.63, 3.8) is 0 Å². The number of amides is 1. The number of nitrogens with one attached hydrogen (secondary N) is 1. The number of hydrogen-bond acceptors (Lipinski definition) is 4. The Hall–Kier alpha value is -1.72. The monoisotopic (exact) mass is 304 g/mol. The van der Waals surface area contributed by atoms with E-state index in [0.29, 0.717) is 6.54 Å². The number of aryl methyl sites for hydroxylation is 1. The molecule has 0 bridgehead atoms. The number of rotatable bonds is 5. The van der Waals surface area contributed by atoms with Gasteiger partial charge in [0.25, 0.3) is 0 Å². The molecule has 0 saturated carbocycles. The fraction of sp³-hybridized carbons (Fsp3) is 0.375. The lowest BCUT2D eigenvalue weighted by atomic mass is 10.1. The third-order valence-electron chi connectivity index (χ3n) is 2.92. The van der Waals surface area contributed by atoms with Crippen molar-refractivity contribution >= 4 is 17.2 Å². The lowest BCUT2D eigenvalue weighted by Crippen LogP contribution is -2.31. The van der Waals surface area contributed by atoms with E-state index in [1.807, 2.05) is 36.6 Å². The van der Waals surface area contributed by atoms with Gasteiger partial charge in [-0.3, -0.25) is 4.79 Å². The molecule has 1 aromatic carbocycles. The maximum Gasteiger partial charge on any atom is 0.223 e. The average Bonchev–Trinajstić information content (AvgIpc) is 2.82. The summed E-state index contributed by atoms with van der Waals surface area (Å²) in [6, 6.07) is 7.96. The molecule has 0 fully saturated rings. The second-order valence-electron chi connectivity index (χ2n) is 5.72. The molecule has 0 spiro atoms. The second kappa shape index (κ2) is 6.37. The lowest BCUT2D eigenvalue weighted by molar-refractivity contribution is -0.125. The summed E-state index contributed by atoms with van der Waals surface area (Å²) in [7, 11) is 0. The Morgan fingerprint density at radius 2 is 2.19 bits per heavy atom. The predicted octanol–water partition coefficient (Wildman–Crippen LogP) is 2.90. The van der Waals surface area contributed by atoms with Gasteiger partial charge in [0.05, 0.1) is 22.7 Å². The topological polar surface area (TPSA) is 62.2 Å². The number of carbonyl (C=O) groups excluding carboxylic acids is 1. The first-order valence-corrected chi connectivity index (χ1v) is 7.72. The SMILES string of the molecule is Cc1nc(-c2cccc(CNC(=O)CC(C)(C)O)c2)cs1. The summed E-state index contributed by atoms with van der Waals surface area (Å²) in [5, 5.41) is 15.5. The van der Waals surface area contributed by atoms with Gasteiger partial charge < -0.3 is 10.4 Å². The van der Waals surface area contributed by atoms with Crippen LogP contribution in [0.25, 0.3) is 11.3 Å². The van der Waals surface area contributed by atoms with E-state index in [9.17, 15) is 9.90 Å². The molecule has 0 radical (unpaired) electrons. The highest BCUT2D eigenvalue weighted by molar-refractivity contribution is 7.09. The van der Waals surface area contributed by atoms with Crippen molar-refractivity contribution in [2.24, 2.45) is 0 Å². The molecule has 1 amide bonds. The minimum atomic E-state index is -0.982. The summed E-state index contributed by atoms with van der Waals surface area (Å²) in [6.45, 7) is 5.68. The Kier molecular flexibility index (Phi) is 4.75. The molecule has 0 aliphatic rings. The van der Waals surface area contributed by atoms with Crippen LogP contribution in [0.1, 0.15) is 30.8 Å². The van der Waals surface area contributed by atoms with Crippen molar-refractivity contribution in [2.45, 2.75) is 39.3 Å². The van der Waals surface area contributed by atoms with E-state index in [0.717, 1.165) is 21.8 Å². The quantitative estimate of drug-likeness (QED) is 0.893. The molecule has 2 N–H and O–H groups in total. The third kappa shape index (κ3) is 4.95.